The number of benzene rings is 1. The molecule has 0 bridgehead atoms. The highest BCUT2D eigenvalue weighted by Crippen LogP contribution is 2.18. The third-order valence-electron chi connectivity index (χ3n) is 2.96. The molecule has 0 fully saturated rings. The van der Waals surface area contributed by atoms with Crippen LogP contribution >= 0.6 is 0 Å². The Labute approximate surface area is 103 Å². The van der Waals surface area contributed by atoms with Gasteiger partial charge in [0.2, 0.25) is 0 Å². The minimum atomic E-state index is 0.544. The van der Waals surface area contributed by atoms with Crippen molar-refractivity contribution in [3.63, 3.8) is 0 Å². The largest absolute Gasteiger partial charge is 0.495 e. The Morgan fingerprint density at radius 3 is 2.59 bits per heavy atom. The van der Waals surface area contributed by atoms with Gasteiger partial charge in [-0.2, -0.15) is 5.26 Å². The van der Waals surface area contributed by atoms with Gasteiger partial charge in [0.25, 0.3) is 0 Å². The van der Waals surface area contributed by atoms with Crippen LogP contribution in [0.1, 0.15) is 37.8 Å². The lowest BCUT2D eigenvalue weighted by Gasteiger charge is -2.15. The van der Waals surface area contributed by atoms with Crippen LogP contribution in [0.15, 0.2) is 18.2 Å². The van der Waals surface area contributed by atoms with Gasteiger partial charge in [0.05, 0.1) is 12.7 Å². The van der Waals surface area contributed by atoms with Crippen LogP contribution in [-0.4, -0.2) is 13.2 Å². The number of hydrogen-bond donors (Lipinski definition) is 1. The van der Waals surface area contributed by atoms with E-state index in [1.165, 1.54) is 0 Å². The molecule has 1 N–H and O–H groups in total. The molecule has 0 aromatic heterocycles. The van der Waals surface area contributed by atoms with Crippen LogP contribution in [0, 0.1) is 11.3 Å². The topological polar surface area (TPSA) is 45.0 Å². The fourth-order valence-electron chi connectivity index (χ4n) is 1.79. The lowest BCUT2D eigenvalue weighted by molar-refractivity contribution is 0.413. The molecule has 0 spiro atoms. The van der Waals surface area contributed by atoms with Gasteiger partial charge in [-0.15, -0.1) is 0 Å². The van der Waals surface area contributed by atoms with E-state index in [0.717, 1.165) is 24.9 Å². The Kier molecular flexibility index (Phi) is 5.51. The third-order valence-corrected chi connectivity index (χ3v) is 2.96. The molecular weight excluding hydrogens is 212 g/mol. The van der Waals surface area contributed by atoms with Crippen LogP contribution in [0.2, 0.25) is 0 Å². The first-order valence-electron chi connectivity index (χ1n) is 6.05. The van der Waals surface area contributed by atoms with E-state index >= 15 is 0 Å². The lowest BCUT2D eigenvalue weighted by atomic mass is 10.1. The van der Waals surface area contributed by atoms with Crippen molar-refractivity contribution < 1.29 is 4.74 Å². The number of rotatable bonds is 6. The molecule has 0 aliphatic carbocycles. The molecule has 0 aliphatic heterocycles. The molecule has 0 saturated carbocycles. The first kappa shape index (κ1) is 13.5. The van der Waals surface area contributed by atoms with Crippen LogP contribution in [0.5, 0.6) is 5.75 Å². The van der Waals surface area contributed by atoms with E-state index in [2.05, 4.69) is 25.2 Å². The Hall–Kier alpha value is -1.53. The minimum Gasteiger partial charge on any atom is -0.495 e. The maximum Gasteiger partial charge on any atom is 0.136 e. The van der Waals surface area contributed by atoms with Gasteiger partial charge in [-0.1, -0.05) is 19.9 Å². The van der Waals surface area contributed by atoms with Crippen LogP contribution in [0.4, 0.5) is 0 Å². The quantitative estimate of drug-likeness (QED) is 0.820. The highest BCUT2D eigenvalue weighted by molar-refractivity contribution is 5.45. The number of nitriles is 1. The van der Waals surface area contributed by atoms with Gasteiger partial charge in [0.15, 0.2) is 0 Å². The Balaban J connectivity index is 2.70. The van der Waals surface area contributed by atoms with E-state index < -0.39 is 0 Å². The maximum absolute atomic E-state index is 8.99. The average Bonchev–Trinajstić information content (AvgIpc) is 2.39. The summed E-state index contributed by atoms with van der Waals surface area (Å²) < 4.78 is 5.12. The van der Waals surface area contributed by atoms with Crippen LogP contribution in [-0.2, 0) is 6.54 Å². The Bertz CT molecular complexity index is 392. The van der Waals surface area contributed by atoms with Gasteiger partial charge in [-0.25, -0.2) is 0 Å². The fourth-order valence-corrected chi connectivity index (χ4v) is 1.79. The summed E-state index contributed by atoms with van der Waals surface area (Å²) in [6, 6.07) is 8.42. The van der Waals surface area contributed by atoms with Crippen LogP contribution in [0.25, 0.3) is 0 Å². The Morgan fingerprint density at radius 2 is 2.06 bits per heavy atom. The van der Waals surface area contributed by atoms with Crippen molar-refractivity contribution in [3.8, 4) is 11.8 Å². The van der Waals surface area contributed by atoms with Gasteiger partial charge < -0.3 is 10.1 Å². The highest BCUT2D eigenvalue weighted by atomic mass is 16.5. The second kappa shape index (κ2) is 6.93. The standard InChI is InChI=1S/C14H20N2O/c1-4-13(5-2)16-10-11-6-7-14(17-3)12(8-11)9-15/h6-8,13,16H,4-5,10H2,1-3H3. The Morgan fingerprint density at radius 1 is 1.35 bits per heavy atom. The second-order valence-corrected chi connectivity index (χ2v) is 4.04. The molecule has 0 radical (unpaired) electrons. The monoisotopic (exact) mass is 232 g/mol. The molecule has 17 heavy (non-hydrogen) atoms. The summed E-state index contributed by atoms with van der Waals surface area (Å²) in [6.07, 6.45) is 2.25. The molecule has 0 unspecified atom stereocenters. The first-order valence-corrected chi connectivity index (χ1v) is 6.05. The van der Waals surface area contributed by atoms with Crippen molar-refractivity contribution in [2.45, 2.75) is 39.3 Å². The van der Waals surface area contributed by atoms with Gasteiger partial charge in [0, 0.05) is 12.6 Å². The summed E-state index contributed by atoms with van der Waals surface area (Å²) in [5, 5.41) is 12.5. The predicted octanol–water partition coefficient (Wildman–Crippen LogP) is 2.85. The molecule has 3 heteroatoms. The number of methoxy groups -OCH3 is 1. The van der Waals surface area contributed by atoms with Crippen molar-refractivity contribution in [2.24, 2.45) is 0 Å². The molecule has 1 aromatic carbocycles. The summed E-state index contributed by atoms with van der Waals surface area (Å²) in [6.45, 7) is 5.15. The van der Waals surface area contributed by atoms with E-state index in [1.54, 1.807) is 7.11 Å². The molecule has 0 atom stereocenters. The highest BCUT2D eigenvalue weighted by Gasteiger charge is 2.05. The summed E-state index contributed by atoms with van der Waals surface area (Å²) in [5.74, 6) is 0.638. The number of nitrogens with one attached hydrogen (secondary N) is 1. The van der Waals surface area contributed by atoms with Gasteiger partial charge in [-0.3, -0.25) is 0 Å². The van der Waals surface area contributed by atoms with Crippen molar-refractivity contribution in [1.82, 2.24) is 5.32 Å². The molecule has 1 aromatic rings. The molecule has 0 aliphatic rings. The van der Waals surface area contributed by atoms with Crippen molar-refractivity contribution >= 4 is 0 Å². The predicted molar refractivity (Wildman–Crippen MR) is 68.9 cm³/mol. The van der Waals surface area contributed by atoms with Gasteiger partial charge >= 0.3 is 0 Å². The van der Waals surface area contributed by atoms with E-state index in [0.29, 0.717) is 17.4 Å². The lowest BCUT2D eigenvalue weighted by Crippen LogP contribution is -2.26. The zero-order chi connectivity index (χ0) is 12.7. The van der Waals surface area contributed by atoms with Crippen molar-refractivity contribution in [3.05, 3.63) is 29.3 Å². The number of nitrogens with zero attached hydrogens (tertiary/aromatic N) is 1. The average molecular weight is 232 g/mol. The van der Waals surface area contributed by atoms with Gasteiger partial charge in [-0.05, 0) is 30.5 Å². The minimum absolute atomic E-state index is 0.544. The zero-order valence-electron chi connectivity index (χ0n) is 10.8. The summed E-state index contributed by atoms with van der Waals surface area (Å²) >= 11 is 0. The van der Waals surface area contributed by atoms with Crippen molar-refractivity contribution in [2.75, 3.05) is 7.11 Å². The molecule has 0 heterocycles. The molecular formula is C14H20N2O. The van der Waals surface area contributed by atoms with Gasteiger partial charge in [0.1, 0.15) is 11.8 Å². The van der Waals surface area contributed by atoms with Crippen LogP contribution in [0.3, 0.4) is 0 Å². The molecule has 3 nitrogen and oxygen atoms in total. The molecule has 0 amide bonds. The maximum atomic E-state index is 8.99. The van der Waals surface area contributed by atoms with E-state index in [-0.39, 0.29) is 0 Å². The van der Waals surface area contributed by atoms with E-state index in [4.69, 9.17) is 10.00 Å². The number of ether oxygens (including phenoxy) is 1. The fraction of sp³-hybridized carbons (Fsp3) is 0.500. The molecule has 1 rings (SSSR count). The third kappa shape index (κ3) is 3.76. The zero-order valence-corrected chi connectivity index (χ0v) is 10.8. The van der Waals surface area contributed by atoms with E-state index in [9.17, 15) is 0 Å². The smallest absolute Gasteiger partial charge is 0.136 e. The molecule has 0 saturated heterocycles. The van der Waals surface area contributed by atoms with Crippen LogP contribution < -0.4 is 10.1 Å². The summed E-state index contributed by atoms with van der Waals surface area (Å²) in [4.78, 5) is 0. The number of hydrogen-bond acceptors (Lipinski definition) is 3. The first-order chi connectivity index (χ1) is 8.24. The SMILES string of the molecule is CCC(CC)NCc1ccc(OC)c(C#N)c1. The molecule has 92 valence electrons. The summed E-state index contributed by atoms with van der Waals surface area (Å²) in [5.41, 5.74) is 1.71. The normalized spacial score (nSPS) is 10.3. The van der Waals surface area contributed by atoms with Crippen molar-refractivity contribution in [1.29, 1.82) is 5.26 Å². The second-order valence-electron chi connectivity index (χ2n) is 4.04. The summed E-state index contributed by atoms with van der Waals surface area (Å²) in [7, 11) is 1.58. The van der Waals surface area contributed by atoms with E-state index in [1.807, 2.05) is 18.2 Å².